The summed E-state index contributed by atoms with van der Waals surface area (Å²) in [6, 6.07) is 2.91. The van der Waals surface area contributed by atoms with E-state index in [2.05, 4.69) is 5.32 Å². The van der Waals surface area contributed by atoms with Crippen molar-refractivity contribution in [3.8, 4) is 5.75 Å². The number of aliphatic carboxylic acids is 1. The van der Waals surface area contributed by atoms with Gasteiger partial charge in [-0.3, -0.25) is 4.79 Å². The molecule has 0 radical (unpaired) electrons. The van der Waals surface area contributed by atoms with Crippen LogP contribution >= 0.6 is 0 Å². The van der Waals surface area contributed by atoms with Crippen molar-refractivity contribution < 1.29 is 32.6 Å². The molecule has 0 aromatic heterocycles. The number of halogens is 3. The van der Waals surface area contributed by atoms with Crippen LogP contribution in [-0.2, 0) is 17.5 Å². The van der Waals surface area contributed by atoms with Gasteiger partial charge in [-0.05, 0) is 38.5 Å². The Morgan fingerprint density at radius 3 is 2.33 bits per heavy atom. The van der Waals surface area contributed by atoms with Crippen molar-refractivity contribution in [1.82, 2.24) is 10.2 Å². The van der Waals surface area contributed by atoms with E-state index >= 15 is 0 Å². The van der Waals surface area contributed by atoms with E-state index in [9.17, 15) is 22.8 Å². The largest absolute Gasteiger partial charge is 0.488 e. The zero-order valence-electron chi connectivity index (χ0n) is 16.0. The van der Waals surface area contributed by atoms with Crippen molar-refractivity contribution in [1.29, 1.82) is 0 Å². The predicted molar refractivity (Wildman–Crippen MR) is 93.5 cm³/mol. The molecule has 9 heteroatoms. The van der Waals surface area contributed by atoms with Crippen LogP contribution in [0.1, 0.15) is 38.8 Å². The van der Waals surface area contributed by atoms with E-state index in [4.69, 9.17) is 9.84 Å². The van der Waals surface area contributed by atoms with Crippen LogP contribution < -0.4 is 10.1 Å². The number of carboxylic acids is 1. The summed E-state index contributed by atoms with van der Waals surface area (Å²) in [4.78, 5) is 23.9. The molecule has 0 saturated carbocycles. The molecule has 27 heavy (non-hydrogen) atoms. The summed E-state index contributed by atoms with van der Waals surface area (Å²) in [6.07, 6.45) is -4.61. The maximum Gasteiger partial charge on any atom is 0.416 e. The monoisotopic (exact) mass is 390 g/mol. The quantitative estimate of drug-likeness (QED) is 0.776. The van der Waals surface area contributed by atoms with Crippen molar-refractivity contribution >= 4 is 12.0 Å². The number of nitrogens with one attached hydrogen (secondary N) is 1. The number of ether oxygens (including phenoxy) is 1. The molecule has 1 aromatic rings. The Bertz CT molecular complexity index is 684. The molecule has 0 fully saturated rings. The van der Waals surface area contributed by atoms with Crippen LogP contribution in [0, 0.1) is 5.92 Å². The number of benzene rings is 1. The lowest BCUT2D eigenvalue weighted by Crippen LogP contribution is -2.40. The molecule has 152 valence electrons. The van der Waals surface area contributed by atoms with Gasteiger partial charge in [0.2, 0.25) is 0 Å². The van der Waals surface area contributed by atoms with Crippen LogP contribution in [0.4, 0.5) is 18.0 Å². The number of hydrogen-bond acceptors (Lipinski definition) is 3. The van der Waals surface area contributed by atoms with Crippen LogP contribution in [-0.4, -0.2) is 41.2 Å². The van der Waals surface area contributed by atoms with Gasteiger partial charge in [0.1, 0.15) is 11.4 Å². The second-order valence-corrected chi connectivity index (χ2v) is 7.31. The fraction of sp³-hybridized carbons (Fsp3) is 0.556. The first-order valence-corrected chi connectivity index (χ1v) is 8.31. The zero-order valence-corrected chi connectivity index (χ0v) is 16.0. The highest BCUT2D eigenvalue weighted by molar-refractivity contribution is 5.75. The molecule has 0 saturated heterocycles. The highest BCUT2D eigenvalue weighted by Crippen LogP contribution is 2.35. The number of urea groups is 1. The Morgan fingerprint density at radius 1 is 1.26 bits per heavy atom. The summed E-state index contributed by atoms with van der Waals surface area (Å²) in [7, 11) is 1.37. The van der Waals surface area contributed by atoms with Gasteiger partial charge < -0.3 is 20.1 Å². The van der Waals surface area contributed by atoms with Crippen molar-refractivity contribution in [2.24, 2.45) is 5.92 Å². The second kappa shape index (κ2) is 8.49. The number of nitrogens with zero attached hydrogens (tertiary/aromatic N) is 1. The van der Waals surface area contributed by atoms with Crippen molar-refractivity contribution in [2.45, 2.75) is 46.0 Å². The van der Waals surface area contributed by atoms with Crippen molar-refractivity contribution in [3.63, 3.8) is 0 Å². The number of carboxylic acid groups (broad SMARTS) is 1. The number of alkyl halides is 3. The molecule has 2 amide bonds. The van der Waals surface area contributed by atoms with Crippen LogP contribution in [0.5, 0.6) is 5.75 Å². The Labute approximate surface area is 156 Å². The smallest absolute Gasteiger partial charge is 0.416 e. The molecular formula is C18H25F3N2O4. The van der Waals surface area contributed by atoms with Gasteiger partial charge in [0, 0.05) is 20.1 Å². The van der Waals surface area contributed by atoms with Crippen LogP contribution in [0.2, 0.25) is 0 Å². The van der Waals surface area contributed by atoms with Crippen molar-refractivity contribution in [3.05, 3.63) is 29.3 Å². The predicted octanol–water partition coefficient (Wildman–Crippen LogP) is 3.74. The topological polar surface area (TPSA) is 78.9 Å². The Kier molecular flexibility index (Phi) is 7.11. The van der Waals surface area contributed by atoms with Gasteiger partial charge in [0.05, 0.1) is 11.5 Å². The minimum atomic E-state index is -4.61. The summed E-state index contributed by atoms with van der Waals surface area (Å²) in [5.41, 5.74) is -1.66. The van der Waals surface area contributed by atoms with Gasteiger partial charge in [-0.15, -0.1) is 0 Å². The maximum atomic E-state index is 13.4. The van der Waals surface area contributed by atoms with E-state index in [1.807, 2.05) is 0 Å². The lowest BCUT2D eigenvalue weighted by molar-refractivity contribution is -0.141. The molecular weight excluding hydrogens is 365 g/mol. The van der Waals surface area contributed by atoms with E-state index in [0.29, 0.717) is 0 Å². The first-order valence-electron chi connectivity index (χ1n) is 8.31. The summed E-state index contributed by atoms with van der Waals surface area (Å²) >= 11 is 0. The van der Waals surface area contributed by atoms with Gasteiger partial charge in [0.25, 0.3) is 0 Å². The standard InChI is InChI=1S/C18H25F3N2O4/c1-11(15(24)25)10-23(5)16(26)22-9-12-6-7-13(27-17(2,3)4)8-14(12)18(19,20)21/h6-8,11H,9-10H2,1-5H3,(H,22,26)(H,24,25). The average molecular weight is 390 g/mol. The number of rotatable bonds is 6. The van der Waals surface area contributed by atoms with Gasteiger partial charge >= 0.3 is 18.2 Å². The molecule has 1 rings (SSSR count). The molecule has 1 unspecified atom stereocenters. The summed E-state index contributed by atoms with van der Waals surface area (Å²) in [6.45, 7) is 6.19. The highest BCUT2D eigenvalue weighted by Gasteiger charge is 2.34. The molecule has 0 bridgehead atoms. The lowest BCUT2D eigenvalue weighted by atomic mass is 10.1. The molecule has 0 aliphatic rings. The number of carbonyl (C=O) groups is 2. The average Bonchev–Trinajstić information content (AvgIpc) is 2.50. The maximum absolute atomic E-state index is 13.4. The summed E-state index contributed by atoms with van der Waals surface area (Å²) in [5, 5.41) is 11.2. The van der Waals surface area contributed by atoms with E-state index in [1.165, 1.54) is 26.1 Å². The first kappa shape index (κ1) is 22.6. The van der Waals surface area contributed by atoms with Crippen LogP contribution in [0.3, 0.4) is 0 Å². The van der Waals surface area contributed by atoms with E-state index < -0.39 is 35.3 Å². The zero-order chi connectivity index (χ0) is 21.0. The summed E-state index contributed by atoms with van der Waals surface area (Å²) < 4.78 is 45.6. The second-order valence-electron chi connectivity index (χ2n) is 7.31. The Balaban J connectivity index is 2.90. The SMILES string of the molecule is CC(CN(C)C(=O)NCc1ccc(OC(C)(C)C)cc1C(F)(F)F)C(=O)O. The third-order valence-corrected chi connectivity index (χ3v) is 3.56. The minimum Gasteiger partial charge on any atom is -0.488 e. The van der Waals surface area contributed by atoms with Crippen LogP contribution in [0.15, 0.2) is 18.2 Å². The van der Waals surface area contributed by atoms with Crippen LogP contribution in [0.25, 0.3) is 0 Å². The Morgan fingerprint density at radius 2 is 1.85 bits per heavy atom. The molecule has 0 spiro atoms. The van der Waals surface area contributed by atoms with Gasteiger partial charge in [0.15, 0.2) is 0 Å². The van der Waals surface area contributed by atoms with E-state index in [-0.39, 0.29) is 24.4 Å². The third-order valence-electron chi connectivity index (χ3n) is 3.56. The fourth-order valence-electron chi connectivity index (χ4n) is 2.27. The molecule has 0 heterocycles. The van der Waals surface area contributed by atoms with Gasteiger partial charge in [-0.25, -0.2) is 4.79 Å². The number of amides is 2. The molecule has 1 atom stereocenters. The van der Waals surface area contributed by atoms with Crippen molar-refractivity contribution in [2.75, 3.05) is 13.6 Å². The van der Waals surface area contributed by atoms with E-state index in [1.54, 1.807) is 20.8 Å². The highest BCUT2D eigenvalue weighted by atomic mass is 19.4. The molecule has 1 aromatic carbocycles. The van der Waals surface area contributed by atoms with Gasteiger partial charge in [-0.1, -0.05) is 13.0 Å². The molecule has 2 N–H and O–H groups in total. The Hall–Kier alpha value is -2.45. The molecule has 0 aliphatic carbocycles. The normalized spacial score (nSPS) is 13.0. The number of carbonyl (C=O) groups excluding carboxylic acids is 1. The number of hydrogen-bond donors (Lipinski definition) is 2. The third kappa shape index (κ3) is 7.36. The van der Waals surface area contributed by atoms with E-state index in [0.717, 1.165) is 11.0 Å². The molecule has 6 nitrogen and oxygen atoms in total. The fourth-order valence-corrected chi connectivity index (χ4v) is 2.27. The lowest BCUT2D eigenvalue weighted by Gasteiger charge is -2.23. The summed E-state index contributed by atoms with van der Waals surface area (Å²) in [5.74, 6) is -1.78. The first-order chi connectivity index (χ1) is 12.2. The minimum absolute atomic E-state index is 0.0638. The molecule has 0 aliphatic heterocycles. The van der Waals surface area contributed by atoms with Gasteiger partial charge in [-0.2, -0.15) is 13.2 Å².